The van der Waals surface area contributed by atoms with Gasteiger partial charge in [-0.15, -0.1) is 0 Å². The van der Waals surface area contributed by atoms with Crippen LogP contribution in [0.4, 0.5) is 0 Å². The van der Waals surface area contributed by atoms with Crippen molar-refractivity contribution in [1.29, 1.82) is 0 Å². The second-order valence-electron chi connectivity index (χ2n) is 31.6. The molecular formula is C90H171AlO9. The van der Waals surface area contributed by atoms with Crippen molar-refractivity contribution in [1.82, 2.24) is 0 Å². The first-order valence-electron chi connectivity index (χ1n) is 45.3. The molecular weight excluding hydrogens is 1250 g/mol. The number of carbonyl (C=O) groups is 6. The van der Waals surface area contributed by atoms with E-state index in [1.54, 1.807) is 0 Å². The van der Waals surface area contributed by atoms with Crippen LogP contribution < -0.4 is 0 Å². The fourth-order valence-electron chi connectivity index (χ4n) is 14.7. The third-order valence-electron chi connectivity index (χ3n) is 21.4. The molecule has 0 aliphatic rings. The highest BCUT2D eigenvalue weighted by Gasteiger charge is 2.49. The number of carbonyl (C=O) groups excluding carboxylic acids is 6. The van der Waals surface area contributed by atoms with Crippen LogP contribution >= 0.6 is 0 Å². The Bertz CT molecular complexity index is 1540. The monoisotopic (exact) mass is 1420 g/mol. The SMILES string of the molecule is CCCCCCCCCCCCCCCCCCCCCCCCCCCC(=O)CC(=O)[O][Al]([O]C(=O)CC(=O)CCCCCCCCCCCCCCCCCCCCCCCCCCC)[O]C(=O)CC(=O)CCCCCCCCCCCCCCCCCCCCCCCCCCC. The Hall–Kier alpha value is -2.05. The number of hydrogen-bond donors (Lipinski definition) is 0. The van der Waals surface area contributed by atoms with Gasteiger partial charge in [0.1, 0.15) is 36.6 Å². The van der Waals surface area contributed by atoms with Crippen LogP contribution in [0.15, 0.2) is 0 Å². The summed E-state index contributed by atoms with van der Waals surface area (Å²) >= 11 is -3.82. The van der Waals surface area contributed by atoms with Crippen molar-refractivity contribution in [3.63, 3.8) is 0 Å². The highest BCUT2D eigenvalue weighted by molar-refractivity contribution is 6.44. The molecule has 0 N–H and O–H groups in total. The molecule has 0 aromatic rings. The third-order valence-corrected chi connectivity index (χ3v) is 22.8. The number of rotatable bonds is 87. The summed E-state index contributed by atoms with van der Waals surface area (Å²) in [6, 6.07) is 0. The Morgan fingerprint density at radius 2 is 0.260 bits per heavy atom. The Labute approximate surface area is 627 Å². The standard InChI is InChI=1S/3C30H58O3.Al/c3*1-2-3-4-5-6-7-8-9-10-11-12-13-14-15-16-17-18-19-20-21-22-23-24-25-26-27-29(31)28-30(32)33;/h3*2-28H2,1H3,(H,32,33);/q;;;+3/p-3. The molecule has 0 saturated heterocycles. The maximum Gasteiger partial charge on any atom is 1.20 e. The minimum absolute atomic E-state index is 0.239. The minimum Gasteiger partial charge on any atom is -0.550 e. The van der Waals surface area contributed by atoms with Gasteiger partial charge < -0.3 is 11.4 Å². The van der Waals surface area contributed by atoms with Crippen molar-refractivity contribution >= 4 is 50.4 Å². The van der Waals surface area contributed by atoms with E-state index in [4.69, 9.17) is 11.4 Å². The fraction of sp³-hybridized carbons (Fsp3) is 0.933. The van der Waals surface area contributed by atoms with Crippen molar-refractivity contribution in [2.45, 2.75) is 541 Å². The predicted molar refractivity (Wildman–Crippen MR) is 430 cm³/mol. The van der Waals surface area contributed by atoms with Crippen LogP contribution in [0.5, 0.6) is 0 Å². The zero-order valence-electron chi connectivity index (χ0n) is 67.5. The molecule has 0 aromatic heterocycles. The largest absolute Gasteiger partial charge is 1.20 e. The molecule has 100 heavy (non-hydrogen) atoms. The van der Waals surface area contributed by atoms with Crippen LogP contribution in [-0.4, -0.2) is 50.4 Å². The average molecular weight is 1420 g/mol. The summed E-state index contributed by atoms with van der Waals surface area (Å²) in [6.07, 6.45) is 97.4. The first kappa shape index (κ1) is 98.0. The van der Waals surface area contributed by atoms with Gasteiger partial charge in [0, 0.05) is 19.3 Å². The van der Waals surface area contributed by atoms with Crippen LogP contribution in [-0.2, 0) is 40.1 Å². The number of unbranched alkanes of at least 4 members (excludes halogenated alkanes) is 72. The number of hydrogen-bond acceptors (Lipinski definition) is 9. The van der Waals surface area contributed by atoms with Crippen molar-refractivity contribution in [3.8, 4) is 0 Å². The Balaban J connectivity index is 4.47. The van der Waals surface area contributed by atoms with E-state index in [0.717, 1.165) is 57.8 Å². The lowest BCUT2D eigenvalue weighted by Gasteiger charge is -2.13. The van der Waals surface area contributed by atoms with E-state index in [1.165, 1.54) is 405 Å². The molecule has 0 unspecified atom stereocenters. The maximum atomic E-state index is 13.0. The number of Topliss-reactive ketones (excluding diaryl/α,β-unsaturated/α-hetero) is 3. The average Bonchev–Trinajstić information content (AvgIpc) is 0.972. The molecule has 0 bridgehead atoms. The molecule has 0 atom stereocenters. The first-order valence-corrected chi connectivity index (χ1v) is 46.8. The summed E-state index contributed by atoms with van der Waals surface area (Å²) in [6.45, 7) is 6.87. The quantitative estimate of drug-likeness (QED) is 0.0332. The molecule has 0 amide bonds. The van der Waals surface area contributed by atoms with Gasteiger partial charge in [-0.25, -0.2) is 0 Å². The lowest BCUT2D eigenvalue weighted by atomic mass is 10.0. The van der Waals surface area contributed by atoms with E-state index in [2.05, 4.69) is 20.8 Å². The molecule has 0 radical (unpaired) electrons. The zero-order valence-corrected chi connectivity index (χ0v) is 68.7. The van der Waals surface area contributed by atoms with Gasteiger partial charge in [-0.1, -0.05) is 483 Å². The Kier molecular flexibility index (Phi) is 82.5. The normalized spacial score (nSPS) is 11.4. The maximum absolute atomic E-state index is 13.0. The van der Waals surface area contributed by atoms with Crippen LogP contribution in [0.2, 0.25) is 0 Å². The Morgan fingerprint density at radius 1 is 0.160 bits per heavy atom. The molecule has 0 aliphatic heterocycles. The second kappa shape index (κ2) is 84.2. The zero-order chi connectivity index (χ0) is 72.4. The highest BCUT2D eigenvalue weighted by atomic mass is 27.3. The predicted octanol–water partition coefficient (Wildman–Crippen LogP) is 30.0. The van der Waals surface area contributed by atoms with Gasteiger partial charge >= 0.3 is 15.1 Å². The summed E-state index contributed by atoms with van der Waals surface area (Å²) in [5.41, 5.74) is 0. The van der Waals surface area contributed by atoms with Gasteiger partial charge in [-0.2, -0.15) is 0 Å². The van der Waals surface area contributed by atoms with Gasteiger partial charge in [-0.3, -0.25) is 28.8 Å². The Morgan fingerprint density at radius 3 is 0.370 bits per heavy atom. The summed E-state index contributed by atoms with van der Waals surface area (Å²) in [5.74, 6) is -3.62. The lowest BCUT2D eigenvalue weighted by Crippen LogP contribution is -2.36. The van der Waals surface area contributed by atoms with Crippen molar-refractivity contribution in [2.75, 3.05) is 0 Å². The second-order valence-corrected chi connectivity index (χ2v) is 32.9. The summed E-state index contributed by atoms with van der Waals surface area (Å²) < 4.78 is 16.2. The van der Waals surface area contributed by atoms with E-state index >= 15 is 0 Å². The molecule has 0 aromatic carbocycles. The van der Waals surface area contributed by atoms with E-state index in [1.807, 2.05) is 0 Å². The molecule has 0 aliphatic carbocycles. The van der Waals surface area contributed by atoms with Crippen molar-refractivity contribution < 1.29 is 40.1 Å². The molecule has 0 spiro atoms. The van der Waals surface area contributed by atoms with E-state index < -0.39 is 52.3 Å². The van der Waals surface area contributed by atoms with Crippen LogP contribution in [0.25, 0.3) is 0 Å². The third kappa shape index (κ3) is 81.6. The molecule has 588 valence electrons. The van der Waals surface area contributed by atoms with Crippen molar-refractivity contribution in [3.05, 3.63) is 0 Å². The summed E-state index contributed by atoms with van der Waals surface area (Å²) in [4.78, 5) is 77.8. The lowest BCUT2D eigenvalue weighted by molar-refractivity contribution is -0.148. The molecule has 9 nitrogen and oxygen atoms in total. The van der Waals surface area contributed by atoms with Crippen LogP contribution in [0, 0.1) is 0 Å². The van der Waals surface area contributed by atoms with E-state index in [9.17, 15) is 28.8 Å². The van der Waals surface area contributed by atoms with Gasteiger partial charge in [0.25, 0.3) is 17.9 Å². The van der Waals surface area contributed by atoms with E-state index in [0.29, 0.717) is 19.3 Å². The summed E-state index contributed by atoms with van der Waals surface area (Å²) in [7, 11) is 0. The molecule has 0 rings (SSSR count). The van der Waals surface area contributed by atoms with Crippen molar-refractivity contribution in [2.24, 2.45) is 0 Å². The smallest absolute Gasteiger partial charge is 0.550 e. The van der Waals surface area contributed by atoms with Crippen LogP contribution in [0.3, 0.4) is 0 Å². The number of ketones is 3. The topological polar surface area (TPSA) is 130 Å². The van der Waals surface area contributed by atoms with Gasteiger partial charge in [0.15, 0.2) is 0 Å². The minimum atomic E-state index is -3.82. The molecule has 0 saturated carbocycles. The van der Waals surface area contributed by atoms with Gasteiger partial charge in [0.2, 0.25) is 0 Å². The van der Waals surface area contributed by atoms with Gasteiger partial charge in [-0.05, 0) is 19.3 Å². The fourth-order valence-corrected chi connectivity index (χ4v) is 15.7. The van der Waals surface area contributed by atoms with Crippen LogP contribution in [0.1, 0.15) is 541 Å². The van der Waals surface area contributed by atoms with E-state index in [-0.39, 0.29) is 36.6 Å². The molecule has 10 heteroatoms. The highest BCUT2D eigenvalue weighted by Crippen LogP contribution is 2.22. The molecule has 0 heterocycles. The first-order chi connectivity index (χ1) is 49.2. The van der Waals surface area contributed by atoms with Gasteiger partial charge in [0.05, 0.1) is 0 Å². The summed E-state index contributed by atoms with van der Waals surface area (Å²) in [5, 5.41) is 0. The molecule has 0 fully saturated rings.